The van der Waals surface area contributed by atoms with Gasteiger partial charge in [-0.15, -0.1) is 0 Å². The van der Waals surface area contributed by atoms with Gasteiger partial charge in [0.1, 0.15) is 5.54 Å². The van der Waals surface area contributed by atoms with Crippen LogP contribution in [0.15, 0.2) is 0 Å². The second-order valence-electron chi connectivity index (χ2n) is 6.31. The predicted molar refractivity (Wildman–Crippen MR) is 75.5 cm³/mol. The molecule has 1 N–H and O–H groups in total. The molecule has 18 heavy (non-hydrogen) atoms. The summed E-state index contributed by atoms with van der Waals surface area (Å²) in [6.45, 7) is 11.1. The van der Waals surface area contributed by atoms with E-state index in [4.69, 9.17) is 5.26 Å². The highest BCUT2D eigenvalue weighted by molar-refractivity contribution is 5.02. The zero-order chi connectivity index (χ0) is 13.8. The lowest BCUT2D eigenvalue weighted by atomic mass is 9.96. The first kappa shape index (κ1) is 15.4. The van der Waals surface area contributed by atoms with E-state index in [0.717, 1.165) is 39.0 Å². The number of nitriles is 1. The number of piperazine rings is 1. The minimum absolute atomic E-state index is 0.264. The van der Waals surface area contributed by atoms with Crippen LogP contribution >= 0.6 is 0 Å². The Morgan fingerprint density at radius 1 is 1.39 bits per heavy atom. The van der Waals surface area contributed by atoms with E-state index in [1.165, 1.54) is 0 Å². The number of nitrogens with zero attached hydrogens (tertiary/aromatic N) is 3. The fourth-order valence-electron chi connectivity index (χ4n) is 2.42. The van der Waals surface area contributed by atoms with Crippen LogP contribution in [-0.2, 0) is 0 Å². The molecule has 1 atom stereocenters. The van der Waals surface area contributed by atoms with Crippen molar-refractivity contribution in [1.82, 2.24) is 15.1 Å². The Morgan fingerprint density at radius 2 is 2.06 bits per heavy atom. The van der Waals surface area contributed by atoms with Gasteiger partial charge in [0.2, 0.25) is 0 Å². The largest absolute Gasteiger partial charge is 0.303 e. The van der Waals surface area contributed by atoms with Crippen LogP contribution in [0, 0.1) is 11.3 Å². The van der Waals surface area contributed by atoms with E-state index in [1.54, 1.807) is 0 Å². The van der Waals surface area contributed by atoms with Gasteiger partial charge in [-0.25, -0.2) is 0 Å². The minimum Gasteiger partial charge on any atom is -0.303 e. The van der Waals surface area contributed by atoms with E-state index in [-0.39, 0.29) is 11.1 Å². The number of hydrogen-bond donors (Lipinski definition) is 1. The quantitative estimate of drug-likeness (QED) is 0.801. The van der Waals surface area contributed by atoms with Gasteiger partial charge >= 0.3 is 0 Å². The molecule has 4 heteroatoms. The van der Waals surface area contributed by atoms with Crippen LogP contribution in [0.3, 0.4) is 0 Å². The molecule has 0 saturated carbocycles. The smallest absolute Gasteiger partial charge is 0.103 e. The molecule has 0 aliphatic carbocycles. The maximum absolute atomic E-state index is 9.11. The molecule has 0 aromatic carbocycles. The summed E-state index contributed by atoms with van der Waals surface area (Å²) >= 11 is 0. The highest BCUT2D eigenvalue weighted by Gasteiger charge is 2.31. The average molecular weight is 252 g/mol. The molecule has 0 amide bonds. The van der Waals surface area contributed by atoms with E-state index in [1.807, 2.05) is 14.0 Å². The van der Waals surface area contributed by atoms with Gasteiger partial charge in [0.15, 0.2) is 0 Å². The van der Waals surface area contributed by atoms with Crippen molar-refractivity contribution in [2.45, 2.75) is 44.7 Å². The molecule has 0 spiro atoms. The SMILES string of the molecule is CNC(C)(C#N)CCCN1CCN(C)C(C)(C)C1. The van der Waals surface area contributed by atoms with Gasteiger partial charge in [0, 0.05) is 25.2 Å². The zero-order valence-electron chi connectivity index (χ0n) is 12.6. The van der Waals surface area contributed by atoms with E-state index in [0.29, 0.717) is 0 Å². The standard InChI is InChI=1S/C14H28N4/c1-13(2)12-18(10-9-17(13)5)8-6-7-14(3,11-15)16-4/h16H,6-10,12H2,1-5H3. The Morgan fingerprint density at radius 3 is 2.56 bits per heavy atom. The molecule has 0 aromatic heterocycles. The highest BCUT2D eigenvalue weighted by atomic mass is 15.3. The van der Waals surface area contributed by atoms with Crippen molar-refractivity contribution in [3.8, 4) is 6.07 Å². The molecule has 1 aliphatic rings. The van der Waals surface area contributed by atoms with Gasteiger partial charge < -0.3 is 10.2 Å². The molecule has 4 nitrogen and oxygen atoms in total. The molecule has 1 unspecified atom stereocenters. The topological polar surface area (TPSA) is 42.3 Å². The third kappa shape index (κ3) is 3.94. The first-order chi connectivity index (χ1) is 8.33. The number of hydrogen-bond acceptors (Lipinski definition) is 4. The normalized spacial score (nSPS) is 24.4. The number of nitrogens with one attached hydrogen (secondary N) is 1. The summed E-state index contributed by atoms with van der Waals surface area (Å²) in [5.41, 5.74) is -0.109. The average Bonchev–Trinajstić information content (AvgIpc) is 2.33. The second kappa shape index (κ2) is 6.01. The lowest BCUT2D eigenvalue weighted by molar-refractivity contribution is 0.0387. The van der Waals surface area contributed by atoms with Crippen LogP contribution in [0.5, 0.6) is 0 Å². The molecular weight excluding hydrogens is 224 g/mol. The molecule has 0 aromatic rings. The Balaban J connectivity index is 2.35. The Kier molecular flexibility index (Phi) is 5.15. The van der Waals surface area contributed by atoms with Crippen molar-refractivity contribution >= 4 is 0 Å². The summed E-state index contributed by atoms with van der Waals surface area (Å²) < 4.78 is 0. The van der Waals surface area contributed by atoms with Crippen LogP contribution in [0.1, 0.15) is 33.6 Å². The Labute approximate surface area is 112 Å². The predicted octanol–water partition coefficient (Wildman–Crippen LogP) is 1.29. The van der Waals surface area contributed by atoms with Crippen molar-refractivity contribution in [2.24, 2.45) is 0 Å². The van der Waals surface area contributed by atoms with Gasteiger partial charge in [0.05, 0.1) is 6.07 Å². The van der Waals surface area contributed by atoms with Crippen molar-refractivity contribution in [2.75, 3.05) is 40.3 Å². The zero-order valence-corrected chi connectivity index (χ0v) is 12.6. The van der Waals surface area contributed by atoms with E-state index < -0.39 is 0 Å². The number of likely N-dealkylation sites (N-methyl/N-ethyl adjacent to an activating group) is 1. The summed E-state index contributed by atoms with van der Waals surface area (Å²) in [6.07, 6.45) is 1.98. The first-order valence-electron chi connectivity index (χ1n) is 6.87. The Hall–Kier alpha value is -0.630. The van der Waals surface area contributed by atoms with Gasteiger partial charge in [0.25, 0.3) is 0 Å². The Bertz CT molecular complexity index is 307. The molecule has 1 heterocycles. The molecule has 1 saturated heterocycles. The summed E-state index contributed by atoms with van der Waals surface area (Å²) in [4.78, 5) is 4.95. The van der Waals surface area contributed by atoms with Gasteiger partial charge in [-0.1, -0.05) is 0 Å². The molecule has 1 fully saturated rings. The molecular formula is C14H28N4. The first-order valence-corrected chi connectivity index (χ1v) is 6.87. The van der Waals surface area contributed by atoms with E-state index in [2.05, 4.69) is 42.1 Å². The van der Waals surface area contributed by atoms with Crippen LogP contribution in [-0.4, -0.2) is 61.2 Å². The van der Waals surface area contributed by atoms with Crippen LogP contribution in [0.25, 0.3) is 0 Å². The third-order valence-corrected chi connectivity index (χ3v) is 4.35. The monoisotopic (exact) mass is 252 g/mol. The van der Waals surface area contributed by atoms with Gasteiger partial charge in [-0.05, 0) is 54.3 Å². The lowest BCUT2D eigenvalue weighted by Crippen LogP contribution is -2.57. The molecule has 1 rings (SSSR count). The van der Waals surface area contributed by atoms with Crippen LogP contribution < -0.4 is 5.32 Å². The molecule has 1 aliphatic heterocycles. The highest BCUT2D eigenvalue weighted by Crippen LogP contribution is 2.19. The fraction of sp³-hybridized carbons (Fsp3) is 0.929. The summed E-state index contributed by atoms with van der Waals surface area (Å²) in [5, 5.41) is 12.2. The van der Waals surface area contributed by atoms with Crippen molar-refractivity contribution in [1.29, 1.82) is 5.26 Å². The third-order valence-electron chi connectivity index (χ3n) is 4.35. The van der Waals surface area contributed by atoms with E-state index >= 15 is 0 Å². The summed E-state index contributed by atoms with van der Waals surface area (Å²) in [6, 6.07) is 2.35. The molecule has 0 radical (unpaired) electrons. The minimum atomic E-state index is -0.373. The maximum Gasteiger partial charge on any atom is 0.103 e. The maximum atomic E-state index is 9.11. The van der Waals surface area contributed by atoms with Crippen molar-refractivity contribution in [3.05, 3.63) is 0 Å². The molecule has 0 bridgehead atoms. The van der Waals surface area contributed by atoms with E-state index in [9.17, 15) is 0 Å². The van der Waals surface area contributed by atoms with Crippen molar-refractivity contribution < 1.29 is 0 Å². The van der Waals surface area contributed by atoms with Gasteiger partial charge in [-0.3, -0.25) is 4.90 Å². The summed E-state index contributed by atoms with van der Waals surface area (Å²) in [5.74, 6) is 0. The second-order valence-corrected chi connectivity index (χ2v) is 6.31. The summed E-state index contributed by atoms with van der Waals surface area (Å²) in [7, 11) is 4.06. The fourth-order valence-corrected chi connectivity index (χ4v) is 2.42. The van der Waals surface area contributed by atoms with Crippen molar-refractivity contribution in [3.63, 3.8) is 0 Å². The van der Waals surface area contributed by atoms with Crippen LogP contribution in [0.4, 0.5) is 0 Å². The van der Waals surface area contributed by atoms with Gasteiger partial charge in [-0.2, -0.15) is 5.26 Å². The lowest BCUT2D eigenvalue weighted by Gasteiger charge is -2.45. The molecule has 104 valence electrons. The van der Waals surface area contributed by atoms with Crippen LogP contribution in [0.2, 0.25) is 0 Å². The number of rotatable bonds is 5.